The molecule has 1 aromatic carbocycles. The maximum Gasteiger partial charge on any atom is 0.356 e. The molecule has 0 bridgehead atoms. The van der Waals surface area contributed by atoms with Crippen LogP contribution in [-0.4, -0.2) is 21.1 Å². The molecule has 20 heavy (non-hydrogen) atoms. The van der Waals surface area contributed by atoms with Crippen LogP contribution >= 0.6 is 0 Å². The van der Waals surface area contributed by atoms with E-state index in [4.69, 9.17) is 5.84 Å². The van der Waals surface area contributed by atoms with Gasteiger partial charge in [0.25, 0.3) is 0 Å². The Hall–Kier alpha value is -2.47. The monoisotopic (exact) mass is 271 g/mol. The van der Waals surface area contributed by atoms with Crippen LogP contribution in [0, 0.1) is 13.8 Å². The number of rotatable bonds is 4. The van der Waals surface area contributed by atoms with Crippen LogP contribution in [0.4, 0.5) is 5.95 Å². The number of nitrogens with two attached hydrogens (primary N) is 1. The van der Waals surface area contributed by atoms with Crippen molar-refractivity contribution in [1.29, 1.82) is 0 Å². The smallest absolute Gasteiger partial charge is 0.275 e. The van der Waals surface area contributed by atoms with Crippen molar-refractivity contribution >= 4 is 5.95 Å². The molecule has 2 N–H and O–H groups in total. The van der Waals surface area contributed by atoms with Crippen molar-refractivity contribution in [1.82, 2.24) is 14.5 Å². The second-order valence-electron chi connectivity index (χ2n) is 4.42. The Balaban J connectivity index is 2.55. The SMILES string of the molecule is C=CCN(N)c1nc(C)n(-c2ccccc2C)c(=O)n1. The molecule has 0 saturated heterocycles. The van der Waals surface area contributed by atoms with Crippen molar-refractivity contribution in [3.05, 3.63) is 58.8 Å². The first-order chi connectivity index (χ1) is 9.54. The van der Waals surface area contributed by atoms with Gasteiger partial charge in [0.05, 0.1) is 12.2 Å². The summed E-state index contributed by atoms with van der Waals surface area (Å²) < 4.78 is 1.47. The minimum atomic E-state index is -0.402. The van der Waals surface area contributed by atoms with Gasteiger partial charge in [0.2, 0.25) is 5.95 Å². The van der Waals surface area contributed by atoms with E-state index in [-0.39, 0.29) is 5.95 Å². The molecule has 1 aromatic heterocycles. The minimum Gasteiger partial charge on any atom is -0.275 e. The van der Waals surface area contributed by atoms with Crippen molar-refractivity contribution in [2.24, 2.45) is 5.84 Å². The zero-order valence-corrected chi connectivity index (χ0v) is 11.6. The molecule has 0 fully saturated rings. The summed E-state index contributed by atoms with van der Waals surface area (Å²) in [4.78, 5) is 20.4. The summed E-state index contributed by atoms with van der Waals surface area (Å²) in [7, 11) is 0. The number of nitrogens with zero attached hydrogens (tertiary/aromatic N) is 4. The van der Waals surface area contributed by atoms with E-state index in [0.29, 0.717) is 12.4 Å². The van der Waals surface area contributed by atoms with Crippen LogP contribution in [0.25, 0.3) is 5.69 Å². The summed E-state index contributed by atoms with van der Waals surface area (Å²) in [5.41, 5.74) is 1.35. The highest BCUT2D eigenvalue weighted by molar-refractivity contribution is 5.41. The van der Waals surface area contributed by atoms with Crippen molar-refractivity contribution in [2.45, 2.75) is 13.8 Å². The molecular weight excluding hydrogens is 254 g/mol. The molecule has 0 spiro atoms. The molecule has 2 aromatic rings. The van der Waals surface area contributed by atoms with Gasteiger partial charge in [-0.15, -0.1) is 6.58 Å². The lowest BCUT2D eigenvalue weighted by atomic mass is 10.2. The van der Waals surface area contributed by atoms with Gasteiger partial charge in [0.1, 0.15) is 5.82 Å². The van der Waals surface area contributed by atoms with Gasteiger partial charge in [-0.2, -0.15) is 9.97 Å². The van der Waals surface area contributed by atoms with Gasteiger partial charge in [-0.1, -0.05) is 24.3 Å². The maximum atomic E-state index is 12.2. The molecule has 0 aliphatic carbocycles. The first kappa shape index (κ1) is 14.0. The zero-order chi connectivity index (χ0) is 14.7. The van der Waals surface area contributed by atoms with Gasteiger partial charge in [0, 0.05) is 0 Å². The number of para-hydroxylation sites is 1. The lowest BCUT2D eigenvalue weighted by Crippen LogP contribution is -2.36. The number of anilines is 1. The third kappa shape index (κ3) is 2.60. The normalized spacial score (nSPS) is 10.3. The molecule has 0 radical (unpaired) electrons. The average Bonchev–Trinajstić information content (AvgIpc) is 2.40. The lowest BCUT2D eigenvalue weighted by Gasteiger charge is -2.16. The number of aromatic nitrogens is 3. The van der Waals surface area contributed by atoms with Crippen LogP contribution in [0.1, 0.15) is 11.4 Å². The van der Waals surface area contributed by atoms with Gasteiger partial charge in [-0.25, -0.2) is 15.2 Å². The van der Waals surface area contributed by atoms with E-state index in [1.54, 1.807) is 13.0 Å². The van der Waals surface area contributed by atoms with Crippen molar-refractivity contribution in [3.63, 3.8) is 0 Å². The Kier molecular flexibility index (Phi) is 3.95. The summed E-state index contributed by atoms with van der Waals surface area (Å²) in [5, 5.41) is 1.28. The van der Waals surface area contributed by atoms with Gasteiger partial charge < -0.3 is 0 Å². The largest absolute Gasteiger partial charge is 0.356 e. The predicted molar refractivity (Wildman–Crippen MR) is 78.8 cm³/mol. The molecule has 0 atom stereocenters. The van der Waals surface area contributed by atoms with E-state index >= 15 is 0 Å². The third-order valence-electron chi connectivity index (χ3n) is 2.91. The summed E-state index contributed by atoms with van der Waals surface area (Å²) in [6.07, 6.45) is 1.62. The quantitative estimate of drug-likeness (QED) is 0.512. The zero-order valence-electron chi connectivity index (χ0n) is 11.6. The summed E-state index contributed by atoms with van der Waals surface area (Å²) in [6.45, 7) is 7.64. The lowest BCUT2D eigenvalue weighted by molar-refractivity contribution is 0.766. The summed E-state index contributed by atoms with van der Waals surface area (Å²) in [5.74, 6) is 6.48. The molecule has 6 heteroatoms. The van der Waals surface area contributed by atoms with Crippen LogP contribution in [0.2, 0.25) is 0 Å². The summed E-state index contributed by atoms with van der Waals surface area (Å²) in [6, 6.07) is 7.58. The average molecular weight is 271 g/mol. The molecule has 6 nitrogen and oxygen atoms in total. The second-order valence-corrected chi connectivity index (χ2v) is 4.42. The first-order valence-corrected chi connectivity index (χ1v) is 6.21. The van der Waals surface area contributed by atoms with E-state index in [0.717, 1.165) is 11.3 Å². The molecule has 1 heterocycles. The predicted octanol–water partition coefficient (Wildman–Crippen LogP) is 1.11. The molecule has 0 amide bonds. The van der Waals surface area contributed by atoms with E-state index in [1.807, 2.05) is 31.2 Å². The van der Waals surface area contributed by atoms with E-state index in [1.165, 1.54) is 9.58 Å². The van der Waals surface area contributed by atoms with Gasteiger partial charge in [-0.3, -0.25) is 5.01 Å². The Morgan fingerprint density at radius 1 is 1.35 bits per heavy atom. The Labute approximate surface area is 117 Å². The Morgan fingerprint density at radius 2 is 2.05 bits per heavy atom. The fourth-order valence-electron chi connectivity index (χ4n) is 1.93. The molecule has 0 unspecified atom stereocenters. The highest BCUT2D eigenvalue weighted by Gasteiger charge is 2.12. The van der Waals surface area contributed by atoms with Crippen molar-refractivity contribution < 1.29 is 0 Å². The van der Waals surface area contributed by atoms with Crippen molar-refractivity contribution in [2.75, 3.05) is 11.6 Å². The number of hydrogen-bond donors (Lipinski definition) is 1. The van der Waals surface area contributed by atoms with E-state index in [9.17, 15) is 4.79 Å². The van der Waals surface area contributed by atoms with Crippen molar-refractivity contribution in [3.8, 4) is 5.69 Å². The van der Waals surface area contributed by atoms with Crippen LogP contribution in [0.3, 0.4) is 0 Å². The third-order valence-corrected chi connectivity index (χ3v) is 2.91. The molecule has 104 valence electrons. The fourth-order valence-corrected chi connectivity index (χ4v) is 1.93. The molecule has 2 rings (SSSR count). The molecule has 0 aliphatic rings. The number of benzene rings is 1. The Bertz CT molecular complexity index is 692. The van der Waals surface area contributed by atoms with E-state index in [2.05, 4.69) is 16.5 Å². The standard InChI is InChI=1S/C14H17N5O/c1-4-9-18(15)13-16-11(3)19(14(20)17-13)12-8-6-5-7-10(12)2/h4-8H,1,9,15H2,2-3H3. The van der Waals surface area contributed by atoms with Gasteiger partial charge in [-0.05, 0) is 25.5 Å². The van der Waals surface area contributed by atoms with Crippen LogP contribution in [0.15, 0.2) is 41.7 Å². The molecular formula is C14H17N5O. The number of hydrazine groups is 1. The highest BCUT2D eigenvalue weighted by atomic mass is 16.1. The number of hydrogen-bond acceptors (Lipinski definition) is 5. The first-order valence-electron chi connectivity index (χ1n) is 6.21. The fraction of sp³-hybridized carbons (Fsp3) is 0.214. The number of aryl methyl sites for hydroxylation is 2. The molecule has 0 saturated carbocycles. The highest BCUT2D eigenvalue weighted by Crippen LogP contribution is 2.13. The maximum absolute atomic E-state index is 12.2. The van der Waals surface area contributed by atoms with Crippen LogP contribution < -0.4 is 16.5 Å². The van der Waals surface area contributed by atoms with Gasteiger partial charge >= 0.3 is 5.69 Å². The van der Waals surface area contributed by atoms with E-state index < -0.39 is 5.69 Å². The molecule has 0 aliphatic heterocycles. The summed E-state index contributed by atoms with van der Waals surface area (Å²) >= 11 is 0. The topological polar surface area (TPSA) is 77.0 Å². The minimum absolute atomic E-state index is 0.192. The van der Waals surface area contributed by atoms with Crippen LogP contribution in [-0.2, 0) is 0 Å². The van der Waals surface area contributed by atoms with Crippen LogP contribution in [0.5, 0.6) is 0 Å². The Morgan fingerprint density at radius 3 is 2.65 bits per heavy atom. The van der Waals surface area contributed by atoms with Gasteiger partial charge in [0.15, 0.2) is 0 Å². The second kappa shape index (κ2) is 5.66.